The maximum absolute atomic E-state index is 13.0. The van der Waals surface area contributed by atoms with E-state index in [2.05, 4.69) is 15.6 Å². The number of nitrogens with one attached hydrogen (secondary N) is 2. The summed E-state index contributed by atoms with van der Waals surface area (Å²) in [5.41, 5.74) is 1.37. The zero-order valence-electron chi connectivity index (χ0n) is 20.0. The molecular weight excluding hydrogens is 505 g/mol. The number of hydrogen-bond donors (Lipinski definition) is 2. The number of carbonyl (C=O) groups excluding carboxylic acids is 3. The van der Waals surface area contributed by atoms with Gasteiger partial charge in [-0.15, -0.1) is 11.3 Å². The third-order valence-corrected chi connectivity index (χ3v) is 6.63. The van der Waals surface area contributed by atoms with Gasteiger partial charge in [0.15, 0.2) is 5.13 Å². The van der Waals surface area contributed by atoms with Crippen molar-refractivity contribution >= 4 is 34.2 Å². The fourth-order valence-corrected chi connectivity index (χ4v) is 4.49. The predicted octanol–water partition coefficient (Wildman–Crippen LogP) is 4.57. The number of anilines is 1. The lowest BCUT2D eigenvalue weighted by atomic mass is 10.1. The minimum absolute atomic E-state index is 0.0326. The predicted molar refractivity (Wildman–Crippen MR) is 133 cm³/mol. The van der Waals surface area contributed by atoms with Gasteiger partial charge in [-0.3, -0.25) is 14.4 Å². The van der Waals surface area contributed by atoms with Crippen LogP contribution in [0.15, 0.2) is 53.9 Å². The molecule has 2 aromatic carbocycles. The molecule has 0 saturated heterocycles. The number of carbonyl (C=O) groups is 3. The summed E-state index contributed by atoms with van der Waals surface area (Å²) in [5, 5.41) is 7.18. The average molecular weight is 531 g/mol. The van der Waals surface area contributed by atoms with Crippen molar-refractivity contribution in [2.24, 2.45) is 0 Å². The molecule has 194 valence electrons. The number of nitrogens with zero attached hydrogens (tertiary/aromatic N) is 2. The molecule has 0 atom stereocenters. The number of amides is 3. The van der Waals surface area contributed by atoms with Crippen LogP contribution in [0.4, 0.5) is 18.3 Å². The van der Waals surface area contributed by atoms with Gasteiger partial charge in [0, 0.05) is 23.5 Å². The maximum atomic E-state index is 13.0. The molecule has 2 N–H and O–H groups in total. The highest BCUT2D eigenvalue weighted by Crippen LogP contribution is 2.30. The maximum Gasteiger partial charge on any atom is 0.416 e. The van der Waals surface area contributed by atoms with Crippen molar-refractivity contribution in [3.05, 3.63) is 81.9 Å². The van der Waals surface area contributed by atoms with Crippen LogP contribution in [0.5, 0.6) is 0 Å². The van der Waals surface area contributed by atoms with Crippen molar-refractivity contribution in [3.63, 3.8) is 0 Å². The van der Waals surface area contributed by atoms with Gasteiger partial charge < -0.3 is 15.5 Å². The SMILES string of the molecule is Cc1ccccc1C(=O)N(CC(=O)Nc1nc(CC(=O)NCc2cccc(C(F)(F)F)c2)cs1)C1CC1. The van der Waals surface area contributed by atoms with E-state index in [1.54, 1.807) is 22.4 Å². The molecule has 0 unspecified atom stereocenters. The second-order valence-electron chi connectivity index (χ2n) is 8.82. The van der Waals surface area contributed by atoms with Crippen molar-refractivity contribution in [3.8, 4) is 0 Å². The molecule has 3 aromatic rings. The van der Waals surface area contributed by atoms with Crippen molar-refractivity contribution in [1.29, 1.82) is 0 Å². The first kappa shape index (κ1) is 26.3. The number of aromatic nitrogens is 1. The second-order valence-corrected chi connectivity index (χ2v) is 9.68. The highest BCUT2D eigenvalue weighted by atomic mass is 32.1. The number of thiazole rings is 1. The van der Waals surface area contributed by atoms with E-state index in [-0.39, 0.29) is 37.4 Å². The van der Waals surface area contributed by atoms with Crippen LogP contribution in [0.1, 0.15) is 45.6 Å². The van der Waals surface area contributed by atoms with Gasteiger partial charge in [0.25, 0.3) is 5.91 Å². The van der Waals surface area contributed by atoms with Crippen LogP contribution in [-0.4, -0.2) is 40.2 Å². The van der Waals surface area contributed by atoms with Crippen LogP contribution in [0.2, 0.25) is 0 Å². The summed E-state index contributed by atoms with van der Waals surface area (Å²) in [5.74, 6) is -0.985. The number of hydrogen-bond acceptors (Lipinski definition) is 5. The molecule has 1 fully saturated rings. The van der Waals surface area contributed by atoms with Crippen molar-refractivity contribution in [1.82, 2.24) is 15.2 Å². The van der Waals surface area contributed by atoms with Gasteiger partial charge in [0.1, 0.15) is 6.54 Å². The molecule has 11 heteroatoms. The summed E-state index contributed by atoms with van der Waals surface area (Å²) in [7, 11) is 0. The van der Waals surface area contributed by atoms with E-state index in [4.69, 9.17) is 0 Å². The van der Waals surface area contributed by atoms with Gasteiger partial charge in [-0.2, -0.15) is 13.2 Å². The average Bonchev–Trinajstić information content (AvgIpc) is 3.61. The third kappa shape index (κ3) is 7.16. The van der Waals surface area contributed by atoms with E-state index in [9.17, 15) is 27.6 Å². The van der Waals surface area contributed by atoms with Crippen LogP contribution >= 0.6 is 11.3 Å². The fraction of sp³-hybridized carbons (Fsp3) is 0.308. The summed E-state index contributed by atoms with van der Waals surface area (Å²) in [4.78, 5) is 43.8. The number of halogens is 3. The minimum Gasteiger partial charge on any atom is -0.352 e. The summed E-state index contributed by atoms with van der Waals surface area (Å²) in [6, 6.07) is 12.0. The fourth-order valence-electron chi connectivity index (χ4n) is 3.76. The van der Waals surface area contributed by atoms with E-state index in [1.165, 1.54) is 12.1 Å². The minimum atomic E-state index is -4.45. The third-order valence-electron chi connectivity index (χ3n) is 5.82. The van der Waals surface area contributed by atoms with Crippen molar-refractivity contribution in [2.75, 3.05) is 11.9 Å². The quantitative estimate of drug-likeness (QED) is 0.424. The van der Waals surface area contributed by atoms with E-state index in [0.717, 1.165) is 41.9 Å². The lowest BCUT2D eigenvalue weighted by Gasteiger charge is -2.22. The molecule has 1 aliphatic rings. The number of alkyl halides is 3. The standard InChI is InChI=1S/C26H25F3N4O3S/c1-16-5-2-3-8-21(16)24(36)33(20-9-10-20)14-23(35)32-25-31-19(15-37-25)12-22(34)30-13-17-6-4-7-18(11-17)26(27,28)29/h2-8,11,15,20H,9-10,12-14H2,1H3,(H,30,34)(H,31,32,35). The van der Waals surface area contributed by atoms with Crippen LogP contribution in [0.25, 0.3) is 0 Å². The van der Waals surface area contributed by atoms with Gasteiger partial charge in [-0.25, -0.2) is 4.98 Å². The van der Waals surface area contributed by atoms with Crippen LogP contribution in [0.3, 0.4) is 0 Å². The molecule has 0 radical (unpaired) electrons. The van der Waals surface area contributed by atoms with Gasteiger partial charge in [0.2, 0.25) is 11.8 Å². The Morgan fingerprint density at radius 2 is 1.84 bits per heavy atom. The molecule has 1 heterocycles. The first-order valence-corrected chi connectivity index (χ1v) is 12.5. The Balaban J connectivity index is 1.29. The molecule has 3 amide bonds. The van der Waals surface area contributed by atoms with Gasteiger partial charge >= 0.3 is 6.18 Å². The topological polar surface area (TPSA) is 91.4 Å². The van der Waals surface area contributed by atoms with Crippen molar-refractivity contribution in [2.45, 2.75) is 44.9 Å². The van der Waals surface area contributed by atoms with E-state index in [1.807, 2.05) is 19.1 Å². The first-order chi connectivity index (χ1) is 17.6. The van der Waals surface area contributed by atoms with Crippen LogP contribution < -0.4 is 10.6 Å². The summed E-state index contributed by atoms with van der Waals surface area (Å²) in [6.45, 7) is 1.69. The van der Waals surface area contributed by atoms with E-state index in [0.29, 0.717) is 22.0 Å². The Kier molecular flexibility index (Phi) is 7.91. The van der Waals surface area contributed by atoms with Gasteiger partial charge in [-0.1, -0.05) is 30.3 Å². The molecule has 1 aliphatic carbocycles. The Morgan fingerprint density at radius 3 is 2.54 bits per heavy atom. The lowest BCUT2D eigenvalue weighted by Crippen LogP contribution is -2.39. The molecule has 7 nitrogen and oxygen atoms in total. The molecule has 4 rings (SSSR count). The molecule has 0 bridgehead atoms. The van der Waals surface area contributed by atoms with Gasteiger partial charge in [0.05, 0.1) is 17.7 Å². The number of aryl methyl sites for hydroxylation is 1. The summed E-state index contributed by atoms with van der Waals surface area (Å²) < 4.78 is 38.5. The molecule has 0 aliphatic heterocycles. The molecule has 1 aromatic heterocycles. The van der Waals surface area contributed by atoms with Crippen LogP contribution in [-0.2, 0) is 28.7 Å². The Morgan fingerprint density at radius 1 is 1.08 bits per heavy atom. The Hall–Kier alpha value is -3.73. The van der Waals surface area contributed by atoms with Gasteiger partial charge in [-0.05, 0) is 49.1 Å². The highest BCUT2D eigenvalue weighted by molar-refractivity contribution is 7.13. The highest BCUT2D eigenvalue weighted by Gasteiger charge is 2.35. The monoisotopic (exact) mass is 530 g/mol. The van der Waals surface area contributed by atoms with E-state index < -0.39 is 17.6 Å². The molecule has 0 spiro atoms. The first-order valence-electron chi connectivity index (χ1n) is 11.6. The summed E-state index contributed by atoms with van der Waals surface area (Å²) in [6.07, 6.45) is -2.85. The Labute approximate surface area is 215 Å². The molecular formula is C26H25F3N4O3S. The molecule has 37 heavy (non-hydrogen) atoms. The number of rotatable bonds is 9. The smallest absolute Gasteiger partial charge is 0.352 e. The molecule has 1 saturated carbocycles. The van der Waals surface area contributed by atoms with Crippen molar-refractivity contribution < 1.29 is 27.6 Å². The normalized spacial score (nSPS) is 13.2. The second kappa shape index (κ2) is 11.1. The zero-order valence-corrected chi connectivity index (χ0v) is 20.8. The Bertz CT molecular complexity index is 1300. The number of benzene rings is 2. The van der Waals surface area contributed by atoms with Crippen LogP contribution in [0, 0.1) is 6.92 Å². The largest absolute Gasteiger partial charge is 0.416 e. The zero-order chi connectivity index (χ0) is 26.6. The van der Waals surface area contributed by atoms with E-state index >= 15 is 0 Å². The summed E-state index contributed by atoms with van der Waals surface area (Å²) >= 11 is 1.15. The lowest BCUT2D eigenvalue weighted by molar-refractivity contribution is -0.137.